The van der Waals surface area contributed by atoms with E-state index in [-0.39, 0.29) is 22.8 Å². The Morgan fingerprint density at radius 1 is 1.47 bits per heavy atom. The molecule has 0 heterocycles. The smallest absolute Gasteiger partial charge is 0.280 e. The molecular weight excluding hydrogens is 222 g/mol. The second-order valence-corrected chi connectivity index (χ2v) is 3.52. The van der Waals surface area contributed by atoms with Crippen LogP contribution in [0.25, 0.3) is 5.76 Å². The number of aliphatic hydroxyl groups is 1. The van der Waals surface area contributed by atoms with Crippen LogP contribution in [0.1, 0.15) is 25.3 Å². The Morgan fingerprint density at radius 3 is 2.71 bits per heavy atom. The lowest BCUT2D eigenvalue weighted by atomic mass is 10.1. The Labute approximate surface area is 98.5 Å². The van der Waals surface area contributed by atoms with E-state index in [1.54, 1.807) is 6.07 Å². The van der Waals surface area contributed by atoms with Crippen LogP contribution in [0, 0.1) is 10.1 Å². The molecule has 90 valence electrons. The molecule has 0 aliphatic rings. The molecule has 0 atom stereocenters. The number of hydrogen-bond donors (Lipinski definition) is 1. The number of rotatable bonds is 5. The molecule has 0 amide bonds. The molecule has 0 saturated carbocycles. The van der Waals surface area contributed by atoms with E-state index in [2.05, 4.69) is 0 Å². The number of nitro groups is 1. The van der Waals surface area contributed by atoms with Crippen molar-refractivity contribution in [3.63, 3.8) is 0 Å². The second-order valence-electron chi connectivity index (χ2n) is 3.52. The van der Waals surface area contributed by atoms with Crippen LogP contribution in [0.15, 0.2) is 30.3 Å². The number of ketones is 1. The van der Waals surface area contributed by atoms with Crippen molar-refractivity contribution in [3.8, 4) is 0 Å². The zero-order valence-electron chi connectivity index (χ0n) is 9.42. The number of aliphatic hydroxyl groups excluding tert-OH is 1. The van der Waals surface area contributed by atoms with Gasteiger partial charge in [-0.15, -0.1) is 0 Å². The van der Waals surface area contributed by atoms with Crippen molar-refractivity contribution >= 4 is 17.2 Å². The lowest BCUT2D eigenvalue weighted by molar-refractivity contribution is -0.385. The fraction of sp³-hybridized carbons (Fsp3) is 0.250. The van der Waals surface area contributed by atoms with Crippen LogP contribution in [-0.4, -0.2) is 15.8 Å². The summed E-state index contributed by atoms with van der Waals surface area (Å²) in [6.45, 7) is 1.84. The quantitative estimate of drug-likeness (QED) is 0.368. The zero-order valence-corrected chi connectivity index (χ0v) is 9.42. The van der Waals surface area contributed by atoms with Gasteiger partial charge >= 0.3 is 0 Å². The van der Waals surface area contributed by atoms with Gasteiger partial charge < -0.3 is 5.11 Å². The van der Waals surface area contributed by atoms with Crippen LogP contribution >= 0.6 is 0 Å². The monoisotopic (exact) mass is 235 g/mol. The molecule has 0 radical (unpaired) electrons. The fourth-order valence-electron chi connectivity index (χ4n) is 1.40. The molecule has 0 aliphatic carbocycles. The molecule has 5 nitrogen and oxygen atoms in total. The topological polar surface area (TPSA) is 80.4 Å². The first-order valence-corrected chi connectivity index (χ1v) is 5.23. The third-order valence-corrected chi connectivity index (χ3v) is 2.17. The lowest BCUT2D eigenvalue weighted by Crippen LogP contribution is -1.97. The molecule has 1 aromatic rings. The van der Waals surface area contributed by atoms with Crippen LogP contribution in [0.2, 0.25) is 0 Å². The number of para-hydroxylation sites is 1. The summed E-state index contributed by atoms with van der Waals surface area (Å²) >= 11 is 0. The van der Waals surface area contributed by atoms with Crippen molar-refractivity contribution in [3.05, 3.63) is 46.0 Å². The van der Waals surface area contributed by atoms with Gasteiger partial charge in [-0.1, -0.05) is 19.1 Å². The maximum Gasteiger partial charge on any atom is 0.280 e. The molecule has 0 saturated heterocycles. The first-order chi connectivity index (χ1) is 8.06. The predicted octanol–water partition coefficient (Wildman–Crippen LogP) is 2.86. The van der Waals surface area contributed by atoms with Crippen molar-refractivity contribution in [2.24, 2.45) is 0 Å². The number of benzene rings is 1. The molecule has 1 N–H and O–H groups in total. The standard InChI is InChI=1S/C12H13NO4/c1-2-5-9(14)8-12(15)10-6-3-4-7-11(10)13(16)17/h3-4,6-8,15H,2,5H2,1H3. The van der Waals surface area contributed by atoms with Crippen LogP contribution < -0.4 is 0 Å². The molecule has 1 aromatic carbocycles. The Kier molecular flexibility index (Phi) is 4.39. The molecule has 0 unspecified atom stereocenters. The van der Waals surface area contributed by atoms with Gasteiger partial charge in [-0.05, 0) is 12.5 Å². The number of carbonyl (C=O) groups excluding carboxylic acids is 1. The molecular formula is C12H13NO4. The minimum Gasteiger partial charge on any atom is -0.507 e. The van der Waals surface area contributed by atoms with Gasteiger partial charge in [0, 0.05) is 18.6 Å². The van der Waals surface area contributed by atoms with Crippen molar-refractivity contribution in [1.82, 2.24) is 0 Å². The van der Waals surface area contributed by atoms with E-state index in [9.17, 15) is 20.0 Å². The molecule has 0 fully saturated rings. The Hall–Kier alpha value is -2.17. The second kappa shape index (κ2) is 5.79. The summed E-state index contributed by atoms with van der Waals surface area (Å²) in [7, 11) is 0. The normalized spacial score (nSPS) is 11.2. The summed E-state index contributed by atoms with van der Waals surface area (Å²) in [6.07, 6.45) is 2.01. The van der Waals surface area contributed by atoms with Gasteiger partial charge in [0.15, 0.2) is 5.78 Å². The van der Waals surface area contributed by atoms with E-state index in [0.717, 1.165) is 6.08 Å². The maximum absolute atomic E-state index is 11.3. The zero-order chi connectivity index (χ0) is 12.8. The molecule has 17 heavy (non-hydrogen) atoms. The molecule has 0 aromatic heterocycles. The summed E-state index contributed by atoms with van der Waals surface area (Å²) in [6, 6.07) is 5.76. The average molecular weight is 235 g/mol. The van der Waals surface area contributed by atoms with Crippen LogP contribution in [0.4, 0.5) is 5.69 Å². The summed E-state index contributed by atoms with van der Waals surface area (Å²) in [4.78, 5) is 21.4. The summed E-state index contributed by atoms with van der Waals surface area (Å²) in [5, 5.41) is 20.4. The SMILES string of the molecule is CCCC(=O)C=C(O)c1ccccc1[N+](=O)[O-]. The molecule has 0 aliphatic heterocycles. The Bertz CT molecular complexity index is 465. The maximum atomic E-state index is 11.3. The van der Waals surface area contributed by atoms with Crippen molar-refractivity contribution in [1.29, 1.82) is 0 Å². The highest BCUT2D eigenvalue weighted by Crippen LogP contribution is 2.23. The van der Waals surface area contributed by atoms with E-state index in [1.807, 2.05) is 6.92 Å². The summed E-state index contributed by atoms with van der Waals surface area (Å²) in [5.74, 6) is -0.612. The van der Waals surface area contributed by atoms with Crippen molar-refractivity contribution in [2.75, 3.05) is 0 Å². The predicted molar refractivity (Wildman–Crippen MR) is 63.6 cm³/mol. The van der Waals surface area contributed by atoms with E-state index >= 15 is 0 Å². The van der Waals surface area contributed by atoms with E-state index in [0.29, 0.717) is 12.8 Å². The van der Waals surface area contributed by atoms with Gasteiger partial charge in [-0.3, -0.25) is 14.9 Å². The highest BCUT2D eigenvalue weighted by Gasteiger charge is 2.16. The average Bonchev–Trinajstić information content (AvgIpc) is 2.29. The van der Waals surface area contributed by atoms with E-state index in [1.165, 1.54) is 18.2 Å². The van der Waals surface area contributed by atoms with Crippen LogP contribution in [-0.2, 0) is 4.79 Å². The largest absolute Gasteiger partial charge is 0.507 e. The number of nitro benzene ring substituents is 1. The first-order valence-electron chi connectivity index (χ1n) is 5.23. The Balaban J connectivity index is 3.07. The number of carbonyl (C=O) groups is 1. The highest BCUT2D eigenvalue weighted by molar-refractivity contribution is 5.95. The number of allylic oxidation sites excluding steroid dienone is 1. The highest BCUT2D eigenvalue weighted by atomic mass is 16.6. The minimum absolute atomic E-state index is 0.0574. The van der Waals surface area contributed by atoms with Gasteiger partial charge in [0.25, 0.3) is 5.69 Å². The summed E-state index contributed by atoms with van der Waals surface area (Å²) in [5.41, 5.74) is -0.160. The third kappa shape index (κ3) is 3.41. The van der Waals surface area contributed by atoms with Crippen LogP contribution in [0.5, 0.6) is 0 Å². The molecule has 0 bridgehead atoms. The van der Waals surface area contributed by atoms with Crippen LogP contribution in [0.3, 0.4) is 0 Å². The van der Waals surface area contributed by atoms with Crippen molar-refractivity contribution < 1.29 is 14.8 Å². The van der Waals surface area contributed by atoms with Gasteiger partial charge in [0.1, 0.15) is 5.76 Å². The lowest BCUT2D eigenvalue weighted by Gasteiger charge is -2.01. The Morgan fingerprint density at radius 2 is 2.12 bits per heavy atom. The molecule has 5 heteroatoms. The minimum atomic E-state index is -0.594. The third-order valence-electron chi connectivity index (χ3n) is 2.17. The van der Waals surface area contributed by atoms with E-state index < -0.39 is 4.92 Å². The van der Waals surface area contributed by atoms with Gasteiger partial charge in [0.2, 0.25) is 0 Å². The van der Waals surface area contributed by atoms with Crippen molar-refractivity contribution in [2.45, 2.75) is 19.8 Å². The van der Waals surface area contributed by atoms with Gasteiger partial charge in [0.05, 0.1) is 10.5 Å². The van der Waals surface area contributed by atoms with Gasteiger partial charge in [-0.25, -0.2) is 0 Å². The van der Waals surface area contributed by atoms with E-state index in [4.69, 9.17) is 0 Å². The number of nitrogens with zero attached hydrogens (tertiary/aromatic N) is 1. The molecule has 0 spiro atoms. The summed E-state index contributed by atoms with van der Waals surface area (Å²) < 4.78 is 0. The fourth-order valence-corrected chi connectivity index (χ4v) is 1.40. The molecule has 1 rings (SSSR count). The number of hydrogen-bond acceptors (Lipinski definition) is 4. The first kappa shape index (κ1) is 12.9. The van der Waals surface area contributed by atoms with Gasteiger partial charge in [-0.2, -0.15) is 0 Å².